The Bertz CT molecular complexity index is 487. The van der Waals surface area contributed by atoms with E-state index in [0.717, 1.165) is 32.4 Å². The summed E-state index contributed by atoms with van der Waals surface area (Å²) in [6.45, 7) is 3.79. The maximum absolute atomic E-state index is 11.5. The van der Waals surface area contributed by atoms with E-state index in [9.17, 15) is 4.79 Å². The maximum Gasteiger partial charge on any atom is 0.409 e. The smallest absolute Gasteiger partial charge is 0.409 e. The number of thioether (sulfide) groups is 1. The highest BCUT2D eigenvalue weighted by atomic mass is 32.2. The second-order valence-electron chi connectivity index (χ2n) is 5.82. The summed E-state index contributed by atoms with van der Waals surface area (Å²) in [6, 6.07) is 9.51. The van der Waals surface area contributed by atoms with E-state index in [4.69, 9.17) is 4.74 Å². The molecule has 4 nitrogen and oxygen atoms in total. The summed E-state index contributed by atoms with van der Waals surface area (Å²) < 4.78 is 4.77. The molecule has 1 heterocycles. The Kier molecular flexibility index (Phi) is 6.58. The molecule has 1 unspecified atom stereocenters. The molecule has 1 atom stereocenters. The summed E-state index contributed by atoms with van der Waals surface area (Å²) in [6.07, 6.45) is 4.93. The molecule has 1 amide bonds. The van der Waals surface area contributed by atoms with Gasteiger partial charge in [-0.1, -0.05) is 18.2 Å². The highest BCUT2D eigenvalue weighted by molar-refractivity contribution is 7.98. The lowest BCUT2D eigenvalue weighted by atomic mass is 10.0. The fourth-order valence-corrected chi connectivity index (χ4v) is 3.65. The molecule has 0 aromatic heterocycles. The Labute approximate surface area is 137 Å². The highest BCUT2D eigenvalue weighted by Gasteiger charge is 2.24. The predicted molar refractivity (Wildman–Crippen MR) is 91.5 cm³/mol. The number of piperidine rings is 1. The molecule has 1 fully saturated rings. The number of hydrogen-bond acceptors (Lipinski definition) is 4. The molecule has 1 aliphatic heterocycles. The van der Waals surface area contributed by atoms with Gasteiger partial charge in [-0.25, -0.2) is 4.79 Å². The van der Waals surface area contributed by atoms with Crippen molar-refractivity contribution in [2.24, 2.45) is 0 Å². The van der Waals surface area contributed by atoms with Crippen LogP contribution in [0.4, 0.5) is 4.79 Å². The van der Waals surface area contributed by atoms with Crippen molar-refractivity contribution in [3.63, 3.8) is 0 Å². The monoisotopic (exact) mass is 322 g/mol. The number of ether oxygens (including phenoxy) is 1. The number of methoxy groups -OCH3 is 1. The summed E-state index contributed by atoms with van der Waals surface area (Å²) in [5.41, 5.74) is 1.40. The Hall–Kier alpha value is -1.20. The summed E-state index contributed by atoms with van der Waals surface area (Å²) in [4.78, 5) is 14.6. The minimum atomic E-state index is -0.208. The van der Waals surface area contributed by atoms with Crippen molar-refractivity contribution in [2.75, 3.05) is 26.5 Å². The second kappa shape index (κ2) is 8.44. The molecule has 0 spiro atoms. The van der Waals surface area contributed by atoms with Gasteiger partial charge in [-0.2, -0.15) is 0 Å². The molecule has 0 saturated carbocycles. The Morgan fingerprint density at radius 1 is 1.41 bits per heavy atom. The fraction of sp³-hybridized carbons (Fsp3) is 0.588. The van der Waals surface area contributed by atoms with Crippen molar-refractivity contribution in [2.45, 2.75) is 43.2 Å². The van der Waals surface area contributed by atoms with Crippen LogP contribution < -0.4 is 5.32 Å². The van der Waals surface area contributed by atoms with E-state index in [-0.39, 0.29) is 6.09 Å². The van der Waals surface area contributed by atoms with Crippen LogP contribution >= 0.6 is 11.8 Å². The molecule has 2 rings (SSSR count). The largest absolute Gasteiger partial charge is 0.453 e. The molecular weight excluding hydrogens is 296 g/mol. The Morgan fingerprint density at radius 2 is 2.09 bits per heavy atom. The molecule has 5 heteroatoms. The lowest BCUT2D eigenvalue weighted by molar-refractivity contribution is 0.109. The van der Waals surface area contributed by atoms with Gasteiger partial charge in [0, 0.05) is 30.1 Å². The van der Waals surface area contributed by atoms with E-state index >= 15 is 0 Å². The molecular formula is C17H26N2O2S. The SMILES string of the molecule is COC(=O)N1CCC(NC(C)Cc2ccccc2SC)CC1. The molecule has 1 N–H and O–H groups in total. The van der Waals surface area contributed by atoms with Crippen molar-refractivity contribution < 1.29 is 9.53 Å². The van der Waals surface area contributed by atoms with Crippen LogP contribution in [0.25, 0.3) is 0 Å². The van der Waals surface area contributed by atoms with E-state index in [1.165, 1.54) is 17.6 Å². The third-order valence-corrected chi connectivity index (χ3v) is 5.00. The summed E-state index contributed by atoms with van der Waals surface area (Å²) in [5.74, 6) is 0. The minimum Gasteiger partial charge on any atom is -0.453 e. The second-order valence-corrected chi connectivity index (χ2v) is 6.66. The van der Waals surface area contributed by atoms with Crippen LogP contribution in [0.5, 0.6) is 0 Å². The average Bonchev–Trinajstić information content (AvgIpc) is 2.55. The van der Waals surface area contributed by atoms with Gasteiger partial charge in [-0.15, -0.1) is 11.8 Å². The molecule has 1 aromatic carbocycles. The third-order valence-electron chi connectivity index (χ3n) is 4.17. The van der Waals surface area contributed by atoms with Crippen LogP contribution in [0.1, 0.15) is 25.3 Å². The maximum atomic E-state index is 11.5. The quantitative estimate of drug-likeness (QED) is 0.846. The van der Waals surface area contributed by atoms with Crippen LogP contribution in [0.3, 0.4) is 0 Å². The first-order chi connectivity index (χ1) is 10.6. The predicted octanol–water partition coefficient (Wildman–Crippen LogP) is 3.16. The summed E-state index contributed by atoms with van der Waals surface area (Å²) >= 11 is 1.80. The van der Waals surface area contributed by atoms with E-state index < -0.39 is 0 Å². The molecule has 1 aliphatic rings. The number of benzene rings is 1. The number of rotatable bonds is 5. The van der Waals surface area contributed by atoms with E-state index in [1.807, 2.05) is 0 Å². The van der Waals surface area contributed by atoms with Gasteiger partial charge in [-0.3, -0.25) is 0 Å². The average molecular weight is 322 g/mol. The van der Waals surface area contributed by atoms with Crippen molar-refractivity contribution >= 4 is 17.9 Å². The van der Waals surface area contributed by atoms with Gasteiger partial charge in [0.1, 0.15) is 0 Å². The topological polar surface area (TPSA) is 41.6 Å². The molecule has 1 saturated heterocycles. The van der Waals surface area contributed by atoms with Gasteiger partial charge < -0.3 is 15.0 Å². The number of hydrogen-bond donors (Lipinski definition) is 1. The van der Waals surface area contributed by atoms with Gasteiger partial charge in [0.05, 0.1) is 7.11 Å². The lowest BCUT2D eigenvalue weighted by Gasteiger charge is -2.33. The van der Waals surface area contributed by atoms with Crippen LogP contribution in [0.2, 0.25) is 0 Å². The van der Waals surface area contributed by atoms with E-state index in [1.54, 1.807) is 16.7 Å². The first kappa shape index (κ1) is 17.2. The first-order valence-corrected chi connectivity index (χ1v) is 9.07. The van der Waals surface area contributed by atoms with Crippen molar-refractivity contribution in [3.8, 4) is 0 Å². The minimum absolute atomic E-state index is 0.208. The Balaban J connectivity index is 1.81. The standard InChI is InChI=1S/C17H26N2O2S/c1-13(12-14-6-4-5-7-16(14)22-3)18-15-8-10-19(11-9-15)17(20)21-2/h4-7,13,15,18H,8-12H2,1-3H3. The number of carbonyl (C=O) groups excluding carboxylic acids is 1. The van der Waals surface area contributed by atoms with Gasteiger partial charge in [0.25, 0.3) is 0 Å². The third kappa shape index (κ3) is 4.65. The van der Waals surface area contributed by atoms with E-state index in [0.29, 0.717) is 12.1 Å². The molecule has 22 heavy (non-hydrogen) atoms. The summed E-state index contributed by atoms with van der Waals surface area (Å²) in [7, 11) is 1.44. The highest BCUT2D eigenvalue weighted by Crippen LogP contribution is 2.21. The Morgan fingerprint density at radius 3 is 2.73 bits per heavy atom. The number of likely N-dealkylation sites (tertiary alicyclic amines) is 1. The van der Waals surface area contributed by atoms with Crippen molar-refractivity contribution in [3.05, 3.63) is 29.8 Å². The molecule has 1 aromatic rings. The molecule has 0 bridgehead atoms. The first-order valence-electron chi connectivity index (χ1n) is 7.85. The number of nitrogens with one attached hydrogen (secondary N) is 1. The van der Waals surface area contributed by atoms with Crippen LogP contribution in [0.15, 0.2) is 29.2 Å². The zero-order valence-electron chi connectivity index (χ0n) is 13.7. The zero-order valence-corrected chi connectivity index (χ0v) is 14.5. The van der Waals surface area contributed by atoms with E-state index in [2.05, 4.69) is 42.8 Å². The van der Waals surface area contributed by atoms with Crippen molar-refractivity contribution in [1.29, 1.82) is 0 Å². The van der Waals surface area contributed by atoms with Gasteiger partial charge in [-0.05, 0) is 44.1 Å². The molecule has 0 aliphatic carbocycles. The molecule has 0 radical (unpaired) electrons. The van der Waals surface area contributed by atoms with Crippen molar-refractivity contribution in [1.82, 2.24) is 10.2 Å². The van der Waals surface area contributed by atoms with Crippen LogP contribution in [-0.2, 0) is 11.2 Å². The van der Waals surface area contributed by atoms with Gasteiger partial charge in [0.15, 0.2) is 0 Å². The van der Waals surface area contributed by atoms with Crippen LogP contribution in [0, 0.1) is 0 Å². The van der Waals surface area contributed by atoms with Crippen LogP contribution in [-0.4, -0.2) is 49.5 Å². The normalized spacial score (nSPS) is 17.3. The number of carbonyl (C=O) groups is 1. The number of amides is 1. The zero-order chi connectivity index (χ0) is 15.9. The fourth-order valence-electron chi connectivity index (χ4n) is 3.02. The molecule has 122 valence electrons. The summed E-state index contributed by atoms with van der Waals surface area (Å²) in [5, 5.41) is 3.71. The lowest BCUT2D eigenvalue weighted by Crippen LogP contribution is -2.47. The van der Waals surface area contributed by atoms with Gasteiger partial charge in [0.2, 0.25) is 0 Å². The van der Waals surface area contributed by atoms with Gasteiger partial charge >= 0.3 is 6.09 Å². The number of nitrogens with zero attached hydrogens (tertiary/aromatic N) is 1.